The van der Waals surface area contributed by atoms with Crippen LogP contribution in [-0.4, -0.2) is 49.2 Å². The number of phenolic OH excluding ortho intramolecular Hbond substituents is 1. The maximum Gasteiger partial charge on any atom is 0.240 e. The second kappa shape index (κ2) is 7.56. The Labute approximate surface area is 123 Å². The van der Waals surface area contributed by atoms with Gasteiger partial charge in [0.2, 0.25) is 6.43 Å². The van der Waals surface area contributed by atoms with E-state index in [2.05, 4.69) is 5.32 Å². The van der Waals surface area contributed by atoms with Crippen LogP contribution in [0.5, 0.6) is 11.5 Å². The van der Waals surface area contributed by atoms with Crippen LogP contribution in [0.15, 0.2) is 18.2 Å². The molecule has 0 aromatic heterocycles. The topological polar surface area (TPSA) is 44.7 Å². The molecule has 0 saturated carbocycles. The molecule has 1 aliphatic heterocycles. The molecule has 1 saturated heterocycles. The number of hydrogen-bond donors (Lipinski definition) is 2. The zero-order valence-electron chi connectivity index (χ0n) is 12.2. The summed E-state index contributed by atoms with van der Waals surface area (Å²) < 4.78 is 31.3. The second-order valence-electron chi connectivity index (χ2n) is 5.06. The fourth-order valence-electron chi connectivity index (χ4n) is 2.72. The number of alkyl halides is 2. The van der Waals surface area contributed by atoms with Gasteiger partial charge in [0.15, 0.2) is 11.5 Å². The maximum absolute atomic E-state index is 13.0. The largest absolute Gasteiger partial charge is 0.504 e. The molecule has 118 valence electrons. The second-order valence-corrected chi connectivity index (χ2v) is 5.06. The summed E-state index contributed by atoms with van der Waals surface area (Å²) in [6.45, 7) is 5.16. The Kier molecular flexibility index (Phi) is 5.76. The molecule has 1 aliphatic rings. The highest BCUT2D eigenvalue weighted by molar-refractivity contribution is 5.47. The lowest BCUT2D eigenvalue weighted by molar-refractivity contribution is 0.0727. The van der Waals surface area contributed by atoms with Gasteiger partial charge < -0.3 is 15.2 Å². The van der Waals surface area contributed by atoms with Crippen molar-refractivity contribution >= 4 is 0 Å². The molecule has 1 aromatic carbocycles. The van der Waals surface area contributed by atoms with E-state index in [0.29, 0.717) is 31.0 Å². The van der Waals surface area contributed by atoms with E-state index in [9.17, 15) is 13.9 Å². The van der Waals surface area contributed by atoms with E-state index in [0.717, 1.165) is 13.1 Å². The van der Waals surface area contributed by atoms with Crippen LogP contribution in [0.1, 0.15) is 24.9 Å². The average molecular weight is 300 g/mol. The quantitative estimate of drug-likeness (QED) is 0.847. The molecule has 2 rings (SSSR count). The van der Waals surface area contributed by atoms with Crippen molar-refractivity contribution in [1.82, 2.24) is 10.2 Å². The molecular weight excluding hydrogens is 278 g/mol. The Balaban J connectivity index is 2.29. The number of piperazine rings is 1. The van der Waals surface area contributed by atoms with Gasteiger partial charge >= 0.3 is 0 Å². The lowest BCUT2D eigenvalue weighted by Gasteiger charge is -2.35. The van der Waals surface area contributed by atoms with Gasteiger partial charge in [-0.15, -0.1) is 0 Å². The van der Waals surface area contributed by atoms with E-state index < -0.39 is 12.5 Å². The van der Waals surface area contributed by atoms with Crippen molar-refractivity contribution in [1.29, 1.82) is 0 Å². The Hall–Kier alpha value is -1.40. The van der Waals surface area contributed by atoms with E-state index in [1.807, 2.05) is 11.8 Å². The van der Waals surface area contributed by atoms with Crippen molar-refractivity contribution in [2.75, 3.05) is 32.8 Å². The molecule has 0 unspecified atom stereocenters. The van der Waals surface area contributed by atoms with Gasteiger partial charge in [0.25, 0.3) is 0 Å². The molecule has 4 nitrogen and oxygen atoms in total. The SMILES string of the molecule is CCOc1cccc([C@@H](CC(F)F)N2CCNCC2)c1O. The summed E-state index contributed by atoms with van der Waals surface area (Å²) >= 11 is 0. The van der Waals surface area contributed by atoms with Crippen LogP contribution in [0.2, 0.25) is 0 Å². The van der Waals surface area contributed by atoms with Crippen molar-refractivity contribution in [3.63, 3.8) is 0 Å². The van der Waals surface area contributed by atoms with Gasteiger partial charge in [-0.25, -0.2) is 8.78 Å². The predicted molar refractivity (Wildman–Crippen MR) is 77.1 cm³/mol. The smallest absolute Gasteiger partial charge is 0.240 e. The summed E-state index contributed by atoms with van der Waals surface area (Å²) in [5, 5.41) is 13.5. The number of ether oxygens (including phenoxy) is 1. The number of phenols is 1. The first-order valence-corrected chi connectivity index (χ1v) is 7.31. The van der Waals surface area contributed by atoms with Crippen molar-refractivity contribution in [2.45, 2.75) is 25.8 Å². The van der Waals surface area contributed by atoms with E-state index in [4.69, 9.17) is 4.74 Å². The Morgan fingerprint density at radius 1 is 1.33 bits per heavy atom. The summed E-state index contributed by atoms with van der Waals surface area (Å²) in [6.07, 6.45) is -2.71. The minimum Gasteiger partial charge on any atom is -0.504 e. The van der Waals surface area contributed by atoms with Crippen LogP contribution < -0.4 is 10.1 Å². The third kappa shape index (κ3) is 4.04. The van der Waals surface area contributed by atoms with E-state index in [-0.39, 0.29) is 12.2 Å². The molecule has 1 heterocycles. The number of nitrogens with zero attached hydrogens (tertiary/aromatic N) is 1. The molecular formula is C15H22F2N2O2. The molecule has 2 N–H and O–H groups in total. The number of aromatic hydroxyl groups is 1. The summed E-state index contributed by atoms with van der Waals surface area (Å²) in [6, 6.07) is 4.60. The highest BCUT2D eigenvalue weighted by atomic mass is 19.3. The molecule has 1 atom stereocenters. The van der Waals surface area contributed by atoms with Gasteiger partial charge in [-0.1, -0.05) is 12.1 Å². The third-order valence-corrected chi connectivity index (χ3v) is 3.68. The summed E-state index contributed by atoms with van der Waals surface area (Å²) in [5.41, 5.74) is 0.517. The highest BCUT2D eigenvalue weighted by Gasteiger charge is 2.28. The van der Waals surface area contributed by atoms with Crippen LogP contribution in [0.4, 0.5) is 8.78 Å². The molecule has 0 radical (unpaired) electrons. The lowest BCUT2D eigenvalue weighted by atomic mass is 9.99. The van der Waals surface area contributed by atoms with Gasteiger partial charge in [0.1, 0.15) is 0 Å². The molecule has 1 fully saturated rings. The Morgan fingerprint density at radius 2 is 2.05 bits per heavy atom. The fourth-order valence-corrected chi connectivity index (χ4v) is 2.72. The van der Waals surface area contributed by atoms with Crippen LogP contribution in [0.25, 0.3) is 0 Å². The van der Waals surface area contributed by atoms with E-state index >= 15 is 0 Å². The zero-order chi connectivity index (χ0) is 15.2. The molecule has 0 bridgehead atoms. The Morgan fingerprint density at radius 3 is 2.67 bits per heavy atom. The summed E-state index contributed by atoms with van der Waals surface area (Å²) in [4.78, 5) is 1.99. The first-order chi connectivity index (χ1) is 10.1. The average Bonchev–Trinajstić information content (AvgIpc) is 2.48. The summed E-state index contributed by atoms with van der Waals surface area (Å²) in [7, 11) is 0. The standard InChI is InChI=1S/C15H22F2N2O2/c1-2-21-13-5-3-4-11(15(13)20)12(10-14(16)17)19-8-6-18-7-9-19/h3-5,12,14,18,20H,2,6-10H2,1H3/t12-/m1/s1. The van der Waals surface area contributed by atoms with Gasteiger partial charge in [0, 0.05) is 44.2 Å². The third-order valence-electron chi connectivity index (χ3n) is 3.68. The molecule has 0 aliphatic carbocycles. The maximum atomic E-state index is 13.0. The lowest BCUT2D eigenvalue weighted by Crippen LogP contribution is -2.45. The number of para-hydroxylation sites is 1. The first kappa shape index (κ1) is 16.0. The van der Waals surface area contributed by atoms with E-state index in [1.54, 1.807) is 18.2 Å². The van der Waals surface area contributed by atoms with Crippen molar-refractivity contribution in [2.24, 2.45) is 0 Å². The van der Waals surface area contributed by atoms with Crippen LogP contribution in [0.3, 0.4) is 0 Å². The van der Waals surface area contributed by atoms with Gasteiger partial charge in [0.05, 0.1) is 6.61 Å². The van der Waals surface area contributed by atoms with Crippen molar-refractivity contribution in [3.8, 4) is 11.5 Å². The minimum atomic E-state index is -2.42. The minimum absolute atomic E-state index is 0.0245. The van der Waals surface area contributed by atoms with Crippen LogP contribution >= 0.6 is 0 Å². The van der Waals surface area contributed by atoms with Gasteiger partial charge in [-0.05, 0) is 13.0 Å². The molecule has 0 amide bonds. The number of hydrogen-bond acceptors (Lipinski definition) is 4. The molecule has 0 spiro atoms. The van der Waals surface area contributed by atoms with E-state index in [1.165, 1.54) is 0 Å². The van der Waals surface area contributed by atoms with Crippen molar-refractivity contribution < 1.29 is 18.6 Å². The van der Waals surface area contributed by atoms with Crippen LogP contribution in [-0.2, 0) is 0 Å². The predicted octanol–water partition coefficient (Wildman–Crippen LogP) is 2.39. The number of halogens is 2. The molecule has 6 heteroatoms. The molecule has 1 aromatic rings. The van der Waals surface area contributed by atoms with Crippen molar-refractivity contribution in [3.05, 3.63) is 23.8 Å². The zero-order valence-corrected chi connectivity index (χ0v) is 12.2. The Bertz CT molecular complexity index is 451. The normalized spacial score (nSPS) is 17.9. The van der Waals surface area contributed by atoms with Gasteiger partial charge in [-0.3, -0.25) is 4.90 Å². The number of benzene rings is 1. The number of nitrogens with one attached hydrogen (secondary N) is 1. The summed E-state index contributed by atoms with van der Waals surface area (Å²) in [5.74, 6) is 0.327. The highest BCUT2D eigenvalue weighted by Crippen LogP contribution is 2.38. The number of rotatable bonds is 6. The monoisotopic (exact) mass is 300 g/mol. The van der Waals surface area contributed by atoms with Gasteiger partial charge in [-0.2, -0.15) is 0 Å². The fraction of sp³-hybridized carbons (Fsp3) is 0.600. The van der Waals surface area contributed by atoms with Crippen LogP contribution in [0, 0.1) is 0 Å². The molecule has 21 heavy (non-hydrogen) atoms. The first-order valence-electron chi connectivity index (χ1n) is 7.31.